The Kier molecular flexibility index (Phi) is 7.27. The third-order valence-corrected chi connectivity index (χ3v) is 7.64. The van der Waals surface area contributed by atoms with Gasteiger partial charge in [0.05, 0.1) is 5.92 Å². The van der Waals surface area contributed by atoms with Gasteiger partial charge in [0.15, 0.2) is 0 Å². The quantitative estimate of drug-likeness (QED) is 0.370. The minimum atomic E-state index is -1.82. The van der Waals surface area contributed by atoms with Crippen molar-refractivity contribution < 1.29 is 34.1 Å². The topological polar surface area (TPSA) is 124 Å². The molecule has 2 aliphatic heterocycles. The molecule has 0 radical (unpaired) electrons. The van der Waals surface area contributed by atoms with Gasteiger partial charge in [0.25, 0.3) is 0 Å². The Balaban J connectivity index is 0.000000427. The van der Waals surface area contributed by atoms with Crippen molar-refractivity contribution in [3.8, 4) is 0 Å². The molecule has 4 rings (SSSR count). The number of hydrogen-bond donors (Lipinski definition) is 2. The van der Waals surface area contributed by atoms with Crippen LogP contribution in [0, 0.1) is 17.3 Å². The van der Waals surface area contributed by atoms with Crippen LogP contribution in [0.1, 0.15) is 52.9 Å². The van der Waals surface area contributed by atoms with Crippen molar-refractivity contribution >= 4 is 23.8 Å². The number of rotatable bonds is 2. The molecule has 2 aliphatic carbocycles. The van der Waals surface area contributed by atoms with Crippen LogP contribution >= 0.6 is 0 Å². The Hall–Kier alpha value is -2.42. The maximum atomic E-state index is 12.6. The van der Waals surface area contributed by atoms with Gasteiger partial charge in [0, 0.05) is 45.6 Å². The average Bonchev–Trinajstić information content (AvgIpc) is 3.01. The Morgan fingerprint density at radius 1 is 1.12 bits per heavy atom. The average molecular weight is 451 g/mol. The molecule has 0 aromatic heterocycles. The second kappa shape index (κ2) is 9.60. The third kappa shape index (κ3) is 5.14. The van der Waals surface area contributed by atoms with Gasteiger partial charge in [0.2, 0.25) is 5.91 Å². The van der Waals surface area contributed by atoms with E-state index in [2.05, 4.69) is 18.7 Å². The highest BCUT2D eigenvalue weighted by Crippen LogP contribution is 2.55. The SMILES string of the molecule is CC(=O)N1CCN(CC2C(=O)O[C@@H]3C[C@@]4(C)CCCC(C)=C4C[C@H]23)CC1.O=C(O)C(=O)O. The van der Waals surface area contributed by atoms with Crippen LogP contribution in [0.25, 0.3) is 0 Å². The molecule has 1 saturated carbocycles. The minimum Gasteiger partial charge on any atom is -0.473 e. The lowest BCUT2D eigenvalue weighted by Crippen LogP contribution is -2.50. The summed E-state index contributed by atoms with van der Waals surface area (Å²) >= 11 is 0. The van der Waals surface area contributed by atoms with Crippen molar-refractivity contribution in [2.24, 2.45) is 17.3 Å². The number of carboxylic acid groups (broad SMARTS) is 2. The second-order valence-corrected chi connectivity index (χ2v) is 9.74. The van der Waals surface area contributed by atoms with Crippen molar-refractivity contribution in [1.82, 2.24) is 9.80 Å². The number of fused-ring (bicyclic) bond motifs is 2. The van der Waals surface area contributed by atoms with Crippen LogP contribution < -0.4 is 0 Å². The smallest absolute Gasteiger partial charge is 0.414 e. The predicted molar refractivity (Wildman–Crippen MR) is 115 cm³/mol. The van der Waals surface area contributed by atoms with Crippen molar-refractivity contribution in [3.05, 3.63) is 11.1 Å². The summed E-state index contributed by atoms with van der Waals surface area (Å²) in [7, 11) is 0. The number of carboxylic acids is 2. The van der Waals surface area contributed by atoms with Gasteiger partial charge in [-0.3, -0.25) is 14.5 Å². The first-order valence-corrected chi connectivity index (χ1v) is 11.4. The number of carbonyl (C=O) groups is 4. The van der Waals surface area contributed by atoms with E-state index in [4.69, 9.17) is 24.5 Å². The van der Waals surface area contributed by atoms with E-state index in [1.54, 1.807) is 18.1 Å². The summed E-state index contributed by atoms with van der Waals surface area (Å²) in [6.07, 6.45) is 5.86. The lowest BCUT2D eigenvalue weighted by molar-refractivity contribution is -0.159. The number of allylic oxidation sites excluding steroid dienone is 2. The van der Waals surface area contributed by atoms with Crippen LogP contribution in [0.5, 0.6) is 0 Å². The highest BCUT2D eigenvalue weighted by atomic mass is 16.6. The fourth-order valence-electron chi connectivity index (χ4n) is 5.84. The van der Waals surface area contributed by atoms with Gasteiger partial charge in [-0.1, -0.05) is 18.1 Å². The molecule has 3 fully saturated rings. The molecule has 4 aliphatic rings. The zero-order valence-corrected chi connectivity index (χ0v) is 19.1. The molecular formula is C23H34N2O7. The van der Waals surface area contributed by atoms with Gasteiger partial charge in [0.1, 0.15) is 6.10 Å². The molecule has 9 nitrogen and oxygen atoms in total. The van der Waals surface area contributed by atoms with Crippen LogP contribution in [-0.4, -0.2) is 82.7 Å². The van der Waals surface area contributed by atoms with E-state index >= 15 is 0 Å². The second-order valence-electron chi connectivity index (χ2n) is 9.74. The van der Waals surface area contributed by atoms with E-state index in [9.17, 15) is 9.59 Å². The molecule has 0 bridgehead atoms. The van der Waals surface area contributed by atoms with Gasteiger partial charge in [-0.2, -0.15) is 0 Å². The Bertz CT molecular complexity index is 803. The van der Waals surface area contributed by atoms with Gasteiger partial charge in [-0.15, -0.1) is 0 Å². The van der Waals surface area contributed by atoms with Gasteiger partial charge >= 0.3 is 17.9 Å². The normalized spacial score (nSPS) is 32.3. The van der Waals surface area contributed by atoms with E-state index in [1.807, 2.05) is 4.90 Å². The maximum absolute atomic E-state index is 12.6. The number of ether oxygens (including phenoxy) is 1. The summed E-state index contributed by atoms with van der Waals surface area (Å²) in [4.78, 5) is 46.6. The first kappa shape index (κ1) is 24.2. The molecule has 1 unspecified atom stereocenters. The molecule has 9 heteroatoms. The summed E-state index contributed by atoms with van der Waals surface area (Å²) in [5.74, 6) is -3.16. The van der Waals surface area contributed by atoms with Crippen molar-refractivity contribution in [1.29, 1.82) is 0 Å². The number of amides is 1. The van der Waals surface area contributed by atoms with Gasteiger partial charge < -0.3 is 19.8 Å². The van der Waals surface area contributed by atoms with E-state index in [0.717, 1.165) is 45.6 Å². The largest absolute Gasteiger partial charge is 0.473 e. The summed E-state index contributed by atoms with van der Waals surface area (Å²) in [6, 6.07) is 0. The van der Waals surface area contributed by atoms with E-state index in [0.29, 0.717) is 5.92 Å². The number of nitrogens with zero attached hydrogens (tertiary/aromatic N) is 2. The zero-order chi connectivity index (χ0) is 23.6. The van der Waals surface area contributed by atoms with E-state index in [-0.39, 0.29) is 29.3 Å². The summed E-state index contributed by atoms with van der Waals surface area (Å²) in [5, 5.41) is 14.8. The number of carbonyl (C=O) groups excluding carboxylic acids is 2. The van der Waals surface area contributed by atoms with Gasteiger partial charge in [-0.25, -0.2) is 9.59 Å². The molecule has 0 spiro atoms. The van der Waals surface area contributed by atoms with Crippen LogP contribution in [-0.2, 0) is 23.9 Å². The standard InChI is InChI=1S/C21H32N2O3.C2H2O4/c1-14-5-4-6-21(3)12-19-16(11-18(14)21)17(20(25)26-19)13-22-7-9-23(10-8-22)15(2)24;3-1(4)2(5)6/h16-17,19H,4-13H2,1-3H3;(H,3,4)(H,5,6)/t16-,17?,19-,21-;/m1./s1. The van der Waals surface area contributed by atoms with Gasteiger partial charge in [-0.05, 0) is 44.4 Å². The first-order valence-electron chi connectivity index (χ1n) is 11.4. The van der Waals surface area contributed by atoms with Crippen LogP contribution in [0.15, 0.2) is 11.1 Å². The molecular weight excluding hydrogens is 416 g/mol. The lowest BCUT2D eigenvalue weighted by atomic mass is 9.59. The Labute approximate surface area is 188 Å². The summed E-state index contributed by atoms with van der Waals surface area (Å²) in [5.41, 5.74) is 3.42. The Morgan fingerprint density at radius 3 is 2.31 bits per heavy atom. The van der Waals surface area contributed by atoms with Crippen LogP contribution in [0.2, 0.25) is 0 Å². The fraction of sp³-hybridized carbons (Fsp3) is 0.739. The van der Waals surface area contributed by atoms with E-state index < -0.39 is 11.9 Å². The predicted octanol–water partition coefficient (Wildman–Crippen LogP) is 1.76. The molecule has 2 N–H and O–H groups in total. The van der Waals surface area contributed by atoms with Crippen molar-refractivity contribution in [2.75, 3.05) is 32.7 Å². The molecule has 2 saturated heterocycles. The molecule has 0 aromatic carbocycles. The maximum Gasteiger partial charge on any atom is 0.414 e. The highest BCUT2D eigenvalue weighted by molar-refractivity contribution is 6.27. The number of aliphatic carboxylic acids is 2. The van der Waals surface area contributed by atoms with Crippen molar-refractivity contribution in [3.63, 3.8) is 0 Å². The van der Waals surface area contributed by atoms with Crippen LogP contribution in [0.3, 0.4) is 0 Å². The number of hydrogen-bond acceptors (Lipinski definition) is 6. The summed E-state index contributed by atoms with van der Waals surface area (Å²) in [6.45, 7) is 10.4. The Morgan fingerprint density at radius 2 is 1.75 bits per heavy atom. The number of esters is 1. The molecule has 1 amide bonds. The van der Waals surface area contributed by atoms with Crippen LogP contribution in [0.4, 0.5) is 0 Å². The first-order chi connectivity index (χ1) is 15.0. The monoisotopic (exact) mass is 450 g/mol. The van der Waals surface area contributed by atoms with Crippen molar-refractivity contribution in [2.45, 2.75) is 59.0 Å². The van der Waals surface area contributed by atoms with E-state index in [1.165, 1.54) is 19.3 Å². The molecule has 178 valence electrons. The minimum absolute atomic E-state index is 0.00402. The number of piperazine rings is 1. The third-order valence-electron chi connectivity index (χ3n) is 7.64. The zero-order valence-electron chi connectivity index (χ0n) is 19.1. The molecule has 2 heterocycles. The summed E-state index contributed by atoms with van der Waals surface area (Å²) < 4.78 is 5.88. The fourth-order valence-corrected chi connectivity index (χ4v) is 5.84. The highest BCUT2D eigenvalue weighted by Gasteiger charge is 2.53. The molecule has 4 atom stereocenters. The molecule has 0 aromatic rings. The molecule has 32 heavy (non-hydrogen) atoms. The lowest BCUT2D eigenvalue weighted by Gasteiger charge is -2.46.